The number of hydrogen-bond acceptors (Lipinski definition) is 7. The van der Waals surface area contributed by atoms with Crippen LogP contribution in [0.5, 0.6) is 17.4 Å². The van der Waals surface area contributed by atoms with Gasteiger partial charge in [0, 0.05) is 6.07 Å². The number of nitrogens with two attached hydrogens (primary N) is 1. The van der Waals surface area contributed by atoms with Crippen LogP contribution in [0.4, 0.5) is 11.5 Å². The van der Waals surface area contributed by atoms with E-state index in [4.69, 9.17) is 15.2 Å². The van der Waals surface area contributed by atoms with Crippen molar-refractivity contribution in [1.29, 1.82) is 0 Å². The van der Waals surface area contributed by atoms with Gasteiger partial charge in [-0.05, 0) is 18.6 Å². The Bertz CT molecular complexity index is 660. The van der Waals surface area contributed by atoms with Gasteiger partial charge >= 0.3 is 5.69 Å². The van der Waals surface area contributed by atoms with Crippen molar-refractivity contribution in [2.75, 3.05) is 12.8 Å². The van der Waals surface area contributed by atoms with Crippen molar-refractivity contribution in [3.8, 4) is 17.4 Å². The van der Waals surface area contributed by atoms with Gasteiger partial charge in [-0.3, -0.25) is 10.1 Å². The number of benzene rings is 1. The van der Waals surface area contributed by atoms with Crippen LogP contribution in [0.25, 0.3) is 0 Å². The maximum atomic E-state index is 11.0. The molecule has 0 aliphatic heterocycles. The highest BCUT2D eigenvalue weighted by molar-refractivity contribution is 5.55. The second-order valence-corrected chi connectivity index (χ2v) is 3.93. The molecule has 0 spiro atoms. The second-order valence-electron chi connectivity index (χ2n) is 3.93. The molecule has 2 rings (SSSR count). The van der Waals surface area contributed by atoms with Crippen LogP contribution in [-0.2, 0) is 0 Å². The molecule has 8 heteroatoms. The highest BCUT2D eigenvalue weighted by atomic mass is 16.6. The van der Waals surface area contributed by atoms with Crippen LogP contribution in [0.3, 0.4) is 0 Å². The van der Waals surface area contributed by atoms with Crippen LogP contribution in [0.15, 0.2) is 24.5 Å². The fourth-order valence-electron chi connectivity index (χ4n) is 1.60. The molecule has 1 heterocycles. The number of anilines is 1. The molecule has 0 radical (unpaired) electrons. The summed E-state index contributed by atoms with van der Waals surface area (Å²) in [4.78, 5) is 18.1. The molecule has 8 nitrogen and oxygen atoms in total. The van der Waals surface area contributed by atoms with Gasteiger partial charge < -0.3 is 15.2 Å². The summed E-state index contributed by atoms with van der Waals surface area (Å²) < 4.78 is 10.5. The van der Waals surface area contributed by atoms with E-state index in [0.29, 0.717) is 0 Å². The van der Waals surface area contributed by atoms with Crippen LogP contribution in [0, 0.1) is 17.0 Å². The zero-order chi connectivity index (χ0) is 14.7. The van der Waals surface area contributed by atoms with Gasteiger partial charge in [0.25, 0.3) is 5.88 Å². The molecule has 0 aliphatic rings. The summed E-state index contributed by atoms with van der Waals surface area (Å²) >= 11 is 0. The van der Waals surface area contributed by atoms with Gasteiger partial charge in [0.2, 0.25) is 11.5 Å². The Labute approximate surface area is 114 Å². The predicted molar refractivity (Wildman–Crippen MR) is 70.9 cm³/mol. The van der Waals surface area contributed by atoms with E-state index in [1.165, 1.54) is 25.6 Å². The van der Waals surface area contributed by atoms with Gasteiger partial charge in [0.15, 0.2) is 5.82 Å². The zero-order valence-electron chi connectivity index (χ0n) is 10.9. The third-order valence-corrected chi connectivity index (χ3v) is 2.52. The lowest BCUT2D eigenvalue weighted by atomic mass is 10.2. The summed E-state index contributed by atoms with van der Waals surface area (Å²) in [6.07, 6.45) is 1.19. The van der Waals surface area contributed by atoms with Gasteiger partial charge in [0.05, 0.1) is 12.0 Å². The van der Waals surface area contributed by atoms with Crippen molar-refractivity contribution in [1.82, 2.24) is 9.97 Å². The van der Waals surface area contributed by atoms with Crippen molar-refractivity contribution in [3.63, 3.8) is 0 Å². The third kappa shape index (κ3) is 2.58. The average molecular weight is 276 g/mol. The molecule has 0 atom stereocenters. The number of nitrogens with zero attached hydrogens (tertiary/aromatic N) is 3. The summed E-state index contributed by atoms with van der Waals surface area (Å²) in [6, 6.07) is 4.59. The van der Waals surface area contributed by atoms with E-state index in [9.17, 15) is 10.1 Å². The number of hydrogen-bond donors (Lipinski definition) is 1. The topological polar surface area (TPSA) is 113 Å². The SMILES string of the molecule is COc1c(N)ncnc1Oc1ccc(C)cc1[N+](=O)[O-]. The Morgan fingerprint density at radius 2 is 2.10 bits per heavy atom. The zero-order valence-corrected chi connectivity index (χ0v) is 10.9. The number of methoxy groups -OCH3 is 1. The predicted octanol–water partition coefficient (Wildman–Crippen LogP) is 2.08. The number of nitro benzene ring substituents is 1. The fraction of sp³-hybridized carbons (Fsp3) is 0.167. The summed E-state index contributed by atoms with van der Waals surface area (Å²) in [5, 5.41) is 11.0. The normalized spacial score (nSPS) is 10.1. The Hall–Kier alpha value is -2.90. The lowest BCUT2D eigenvalue weighted by molar-refractivity contribution is -0.385. The molecule has 0 saturated carbocycles. The molecule has 0 saturated heterocycles. The third-order valence-electron chi connectivity index (χ3n) is 2.52. The summed E-state index contributed by atoms with van der Waals surface area (Å²) in [5.41, 5.74) is 6.20. The first kappa shape index (κ1) is 13.5. The number of nitrogen functional groups attached to an aromatic ring is 1. The Morgan fingerprint density at radius 1 is 1.35 bits per heavy atom. The van der Waals surface area contributed by atoms with E-state index in [1.807, 2.05) is 0 Å². The molecule has 1 aromatic carbocycles. The smallest absolute Gasteiger partial charge is 0.311 e. The van der Waals surface area contributed by atoms with Gasteiger partial charge in [0.1, 0.15) is 6.33 Å². The first-order valence-electron chi connectivity index (χ1n) is 5.60. The number of aryl methyl sites for hydroxylation is 1. The largest absolute Gasteiger partial charge is 0.489 e. The van der Waals surface area contributed by atoms with Crippen molar-refractivity contribution >= 4 is 11.5 Å². The van der Waals surface area contributed by atoms with Crippen LogP contribution >= 0.6 is 0 Å². The van der Waals surface area contributed by atoms with E-state index in [2.05, 4.69) is 9.97 Å². The molecule has 0 unspecified atom stereocenters. The molecule has 2 N–H and O–H groups in total. The van der Waals surface area contributed by atoms with Gasteiger partial charge in [-0.1, -0.05) is 6.07 Å². The molecular formula is C12H12N4O4. The fourth-order valence-corrected chi connectivity index (χ4v) is 1.60. The number of ether oxygens (including phenoxy) is 2. The Morgan fingerprint density at radius 3 is 2.75 bits per heavy atom. The Balaban J connectivity index is 2.45. The first-order valence-corrected chi connectivity index (χ1v) is 5.60. The Kier molecular flexibility index (Phi) is 3.65. The summed E-state index contributed by atoms with van der Waals surface area (Å²) in [7, 11) is 1.38. The van der Waals surface area contributed by atoms with Crippen LogP contribution < -0.4 is 15.2 Å². The highest BCUT2D eigenvalue weighted by Gasteiger charge is 2.19. The van der Waals surface area contributed by atoms with E-state index in [1.54, 1.807) is 13.0 Å². The lowest BCUT2D eigenvalue weighted by Crippen LogP contribution is -2.01. The molecule has 0 amide bonds. The molecule has 0 fully saturated rings. The highest BCUT2D eigenvalue weighted by Crippen LogP contribution is 2.36. The van der Waals surface area contributed by atoms with Crippen molar-refractivity contribution in [3.05, 3.63) is 40.2 Å². The number of nitro groups is 1. The average Bonchev–Trinajstić information content (AvgIpc) is 2.41. The van der Waals surface area contributed by atoms with E-state index < -0.39 is 4.92 Å². The van der Waals surface area contributed by atoms with Crippen molar-refractivity contribution < 1.29 is 14.4 Å². The maximum absolute atomic E-state index is 11.0. The standard InChI is InChI=1S/C12H12N4O4/c1-7-3-4-9(8(5-7)16(17)18)20-12-10(19-2)11(13)14-6-15-12/h3-6H,1-2H3,(H2,13,14,15). The van der Waals surface area contributed by atoms with E-state index in [-0.39, 0.29) is 28.9 Å². The minimum atomic E-state index is -0.528. The molecular weight excluding hydrogens is 264 g/mol. The van der Waals surface area contributed by atoms with Crippen LogP contribution in [-0.4, -0.2) is 22.0 Å². The lowest BCUT2D eigenvalue weighted by Gasteiger charge is -2.10. The molecule has 2 aromatic rings. The van der Waals surface area contributed by atoms with Gasteiger partial charge in [-0.25, -0.2) is 4.98 Å². The van der Waals surface area contributed by atoms with Gasteiger partial charge in [-0.2, -0.15) is 4.98 Å². The summed E-state index contributed by atoms with van der Waals surface area (Å²) in [6.45, 7) is 1.75. The maximum Gasteiger partial charge on any atom is 0.311 e. The van der Waals surface area contributed by atoms with Crippen molar-refractivity contribution in [2.45, 2.75) is 6.92 Å². The number of rotatable bonds is 4. The molecule has 20 heavy (non-hydrogen) atoms. The van der Waals surface area contributed by atoms with Crippen LogP contribution in [0.1, 0.15) is 5.56 Å². The van der Waals surface area contributed by atoms with Gasteiger partial charge in [-0.15, -0.1) is 0 Å². The van der Waals surface area contributed by atoms with Crippen molar-refractivity contribution in [2.24, 2.45) is 0 Å². The van der Waals surface area contributed by atoms with E-state index >= 15 is 0 Å². The van der Waals surface area contributed by atoms with E-state index in [0.717, 1.165) is 5.56 Å². The van der Waals surface area contributed by atoms with Crippen LogP contribution in [0.2, 0.25) is 0 Å². The second kappa shape index (κ2) is 5.39. The minimum Gasteiger partial charge on any atom is -0.489 e. The summed E-state index contributed by atoms with van der Waals surface area (Å²) in [5.74, 6) is 0.290. The quantitative estimate of drug-likeness (QED) is 0.671. The number of aromatic nitrogens is 2. The molecule has 104 valence electrons. The first-order chi connectivity index (χ1) is 9.52. The monoisotopic (exact) mass is 276 g/mol. The molecule has 0 aliphatic carbocycles. The molecule has 0 bridgehead atoms. The minimum absolute atomic E-state index is 0.0203. The molecule has 1 aromatic heterocycles.